The molecule has 1 rings (SSSR count). The maximum atomic E-state index is 5.64. The summed E-state index contributed by atoms with van der Waals surface area (Å²) in [6.45, 7) is 0. The lowest BCUT2D eigenvalue weighted by Gasteiger charge is -2.05. The lowest BCUT2D eigenvalue weighted by atomic mass is 10.1. The second kappa shape index (κ2) is 4.33. The Morgan fingerprint density at radius 1 is 1.58 bits per heavy atom. The molecule has 1 atom stereocenters. The molecule has 0 amide bonds. The number of rotatable bonds is 3. The highest BCUT2D eigenvalue weighted by atomic mass is 35.5. The normalized spacial score (nSPS) is 12.6. The molecule has 0 fully saturated rings. The molecular weight excluding hydrogens is 174 g/mol. The Bertz CT molecular complexity index is 250. The van der Waals surface area contributed by atoms with Crippen LogP contribution in [0.1, 0.15) is 5.56 Å². The van der Waals surface area contributed by atoms with E-state index in [0.717, 1.165) is 11.3 Å². The maximum Gasteiger partial charge on any atom is 0.119 e. The molecule has 2 N–H and O–H groups in total. The van der Waals surface area contributed by atoms with Gasteiger partial charge >= 0.3 is 0 Å². The number of hydrogen-bond acceptors (Lipinski definition) is 2. The van der Waals surface area contributed by atoms with E-state index in [-0.39, 0.29) is 5.50 Å². The molecule has 0 aliphatic heterocycles. The average Bonchev–Trinajstić information content (AvgIpc) is 2.03. The van der Waals surface area contributed by atoms with Crippen molar-refractivity contribution in [3.8, 4) is 5.75 Å². The maximum absolute atomic E-state index is 5.64. The second-order valence-electron chi connectivity index (χ2n) is 2.57. The lowest BCUT2D eigenvalue weighted by Crippen LogP contribution is -2.14. The summed E-state index contributed by atoms with van der Waals surface area (Å²) in [4.78, 5) is 0. The molecule has 1 unspecified atom stereocenters. The van der Waals surface area contributed by atoms with Crippen molar-refractivity contribution in [2.24, 2.45) is 5.73 Å². The van der Waals surface area contributed by atoms with E-state index in [2.05, 4.69) is 0 Å². The number of hydrogen-bond donors (Lipinski definition) is 1. The fraction of sp³-hybridized carbons (Fsp3) is 0.333. The molecule has 1 aromatic rings. The zero-order valence-electron chi connectivity index (χ0n) is 6.96. The summed E-state index contributed by atoms with van der Waals surface area (Å²) in [5.74, 6) is 0.838. The lowest BCUT2D eigenvalue weighted by molar-refractivity contribution is 0.414. The quantitative estimate of drug-likeness (QED) is 0.576. The number of ether oxygens (including phenoxy) is 1. The summed E-state index contributed by atoms with van der Waals surface area (Å²) in [5.41, 5.74) is 6.21. The van der Waals surface area contributed by atoms with Crippen LogP contribution in [0.3, 0.4) is 0 Å². The molecule has 0 spiro atoms. The van der Waals surface area contributed by atoms with E-state index in [9.17, 15) is 0 Å². The van der Waals surface area contributed by atoms with Gasteiger partial charge in [0, 0.05) is 6.42 Å². The Balaban J connectivity index is 2.72. The van der Waals surface area contributed by atoms with Crippen LogP contribution in [0.15, 0.2) is 24.3 Å². The Kier molecular flexibility index (Phi) is 3.38. The molecule has 2 nitrogen and oxygen atoms in total. The van der Waals surface area contributed by atoms with Crippen LogP contribution in [0.2, 0.25) is 0 Å². The summed E-state index contributed by atoms with van der Waals surface area (Å²) < 4.78 is 5.05. The van der Waals surface area contributed by atoms with Crippen LogP contribution in [0, 0.1) is 0 Å². The Hall–Kier alpha value is -0.730. The van der Waals surface area contributed by atoms with E-state index in [1.165, 1.54) is 0 Å². The third kappa shape index (κ3) is 2.72. The molecule has 0 heterocycles. The van der Waals surface area contributed by atoms with Gasteiger partial charge in [0.25, 0.3) is 0 Å². The minimum Gasteiger partial charge on any atom is -0.497 e. The van der Waals surface area contributed by atoms with Gasteiger partial charge in [-0.15, -0.1) is 11.6 Å². The van der Waals surface area contributed by atoms with Gasteiger partial charge < -0.3 is 10.5 Å². The zero-order valence-corrected chi connectivity index (χ0v) is 7.71. The van der Waals surface area contributed by atoms with Gasteiger partial charge in [-0.05, 0) is 17.7 Å². The average molecular weight is 186 g/mol. The number of methoxy groups -OCH3 is 1. The highest BCUT2D eigenvalue weighted by Crippen LogP contribution is 2.14. The largest absolute Gasteiger partial charge is 0.497 e. The van der Waals surface area contributed by atoms with E-state index >= 15 is 0 Å². The van der Waals surface area contributed by atoms with Gasteiger partial charge in [0.15, 0.2) is 0 Å². The van der Waals surface area contributed by atoms with Gasteiger partial charge in [-0.25, -0.2) is 0 Å². The van der Waals surface area contributed by atoms with Crippen molar-refractivity contribution >= 4 is 11.6 Å². The fourth-order valence-corrected chi connectivity index (χ4v) is 1.20. The van der Waals surface area contributed by atoms with E-state index in [4.69, 9.17) is 22.1 Å². The predicted octanol–water partition coefficient (Wildman–Crippen LogP) is 1.76. The molecule has 3 heteroatoms. The number of nitrogens with two attached hydrogens (primary N) is 1. The van der Waals surface area contributed by atoms with Gasteiger partial charge in [-0.1, -0.05) is 12.1 Å². The summed E-state index contributed by atoms with van der Waals surface area (Å²) in [7, 11) is 1.64. The van der Waals surface area contributed by atoms with E-state index in [0.29, 0.717) is 6.42 Å². The molecule has 0 aliphatic rings. The zero-order chi connectivity index (χ0) is 8.97. The van der Waals surface area contributed by atoms with Crippen molar-refractivity contribution < 1.29 is 4.74 Å². The highest BCUT2D eigenvalue weighted by Gasteiger charge is 1.99. The first kappa shape index (κ1) is 9.36. The van der Waals surface area contributed by atoms with E-state index in [1.807, 2.05) is 24.3 Å². The standard InChI is InChI=1S/C9H12ClNO/c1-12-8-4-2-3-7(5-8)6-9(10)11/h2-5,9H,6,11H2,1H3. The molecular formula is C9H12ClNO. The molecule has 0 aromatic heterocycles. The first-order valence-corrected chi connectivity index (χ1v) is 4.18. The highest BCUT2D eigenvalue weighted by molar-refractivity contribution is 6.20. The molecule has 0 radical (unpaired) electrons. The van der Waals surface area contributed by atoms with Crippen molar-refractivity contribution in [2.45, 2.75) is 11.9 Å². The van der Waals surface area contributed by atoms with Gasteiger partial charge in [-0.3, -0.25) is 0 Å². The van der Waals surface area contributed by atoms with Crippen LogP contribution in [-0.4, -0.2) is 12.6 Å². The van der Waals surface area contributed by atoms with Crippen molar-refractivity contribution in [3.63, 3.8) is 0 Å². The third-order valence-electron chi connectivity index (χ3n) is 1.56. The Morgan fingerprint density at radius 3 is 2.92 bits per heavy atom. The van der Waals surface area contributed by atoms with Crippen LogP contribution >= 0.6 is 11.6 Å². The van der Waals surface area contributed by atoms with Crippen LogP contribution in [0.4, 0.5) is 0 Å². The Morgan fingerprint density at radius 2 is 2.33 bits per heavy atom. The summed E-state index contributed by atoms with van der Waals surface area (Å²) in [6.07, 6.45) is 0.665. The predicted molar refractivity (Wildman–Crippen MR) is 50.5 cm³/mol. The summed E-state index contributed by atoms with van der Waals surface area (Å²) in [6, 6.07) is 7.73. The molecule has 0 saturated carbocycles. The van der Waals surface area contributed by atoms with Gasteiger partial charge in [0.05, 0.1) is 12.6 Å². The van der Waals surface area contributed by atoms with Crippen molar-refractivity contribution in [1.82, 2.24) is 0 Å². The molecule has 0 bridgehead atoms. The van der Waals surface area contributed by atoms with Gasteiger partial charge in [0.1, 0.15) is 5.75 Å². The molecule has 0 saturated heterocycles. The topological polar surface area (TPSA) is 35.2 Å². The van der Waals surface area contributed by atoms with Crippen LogP contribution < -0.4 is 10.5 Å². The Labute approximate surface area is 77.3 Å². The van der Waals surface area contributed by atoms with Crippen LogP contribution in [0.25, 0.3) is 0 Å². The van der Waals surface area contributed by atoms with E-state index in [1.54, 1.807) is 7.11 Å². The SMILES string of the molecule is COc1cccc(CC(N)Cl)c1. The van der Waals surface area contributed by atoms with Crippen LogP contribution in [0.5, 0.6) is 5.75 Å². The molecule has 0 aliphatic carbocycles. The molecule has 66 valence electrons. The fourth-order valence-electron chi connectivity index (χ4n) is 1.02. The number of benzene rings is 1. The van der Waals surface area contributed by atoms with Crippen molar-refractivity contribution in [2.75, 3.05) is 7.11 Å². The van der Waals surface area contributed by atoms with Crippen molar-refractivity contribution in [1.29, 1.82) is 0 Å². The first-order valence-electron chi connectivity index (χ1n) is 3.75. The summed E-state index contributed by atoms with van der Waals surface area (Å²) >= 11 is 5.64. The number of halogens is 1. The third-order valence-corrected chi connectivity index (χ3v) is 1.72. The van der Waals surface area contributed by atoms with Crippen LogP contribution in [-0.2, 0) is 6.42 Å². The smallest absolute Gasteiger partial charge is 0.119 e. The van der Waals surface area contributed by atoms with E-state index < -0.39 is 0 Å². The summed E-state index contributed by atoms with van der Waals surface area (Å²) in [5, 5.41) is 0. The minimum absolute atomic E-state index is 0.322. The first-order chi connectivity index (χ1) is 5.72. The minimum atomic E-state index is -0.322. The van der Waals surface area contributed by atoms with Gasteiger partial charge in [0.2, 0.25) is 0 Å². The second-order valence-corrected chi connectivity index (χ2v) is 3.13. The number of alkyl halides is 1. The van der Waals surface area contributed by atoms with Crippen molar-refractivity contribution in [3.05, 3.63) is 29.8 Å². The van der Waals surface area contributed by atoms with Gasteiger partial charge in [-0.2, -0.15) is 0 Å². The monoisotopic (exact) mass is 185 g/mol. The molecule has 12 heavy (non-hydrogen) atoms. The molecule has 1 aromatic carbocycles.